The lowest BCUT2D eigenvalue weighted by Crippen LogP contribution is -2.48. The molecule has 114 valence electrons. The molecule has 0 aromatic heterocycles. The second-order valence-electron chi connectivity index (χ2n) is 5.99. The van der Waals surface area contributed by atoms with Gasteiger partial charge in [0.05, 0.1) is 11.8 Å². The van der Waals surface area contributed by atoms with Crippen LogP contribution >= 0.6 is 0 Å². The van der Waals surface area contributed by atoms with Crippen molar-refractivity contribution in [1.82, 2.24) is 5.32 Å². The summed E-state index contributed by atoms with van der Waals surface area (Å²) in [4.78, 5) is 23.4. The number of amides is 1. The summed E-state index contributed by atoms with van der Waals surface area (Å²) in [7, 11) is 0. The molecule has 2 unspecified atom stereocenters. The van der Waals surface area contributed by atoms with Gasteiger partial charge in [-0.2, -0.15) is 0 Å². The topological polar surface area (TPSA) is 66.4 Å². The third kappa shape index (κ3) is 3.63. The van der Waals surface area contributed by atoms with Gasteiger partial charge in [-0.05, 0) is 24.3 Å². The highest BCUT2D eigenvalue weighted by atomic mass is 16.4. The Morgan fingerprint density at radius 2 is 1.90 bits per heavy atom. The molecule has 4 nitrogen and oxygen atoms in total. The van der Waals surface area contributed by atoms with Gasteiger partial charge in [0.25, 0.3) is 0 Å². The first-order valence-corrected chi connectivity index (χ1v) is 7.61. The van der Waals surface area contributed by atoms with Crippen LogP contribution in [0.5, 0.6) is 0 Å². The van der Waals surface area contributed by atoms with Crippen LogP contribution in [0.3, 0.4) is 0 Å². The number of hydrogen-bond acceptors (Lipinski definition) is 2. The predicted octanol–water partition coefficient (Wildman–Crippen LogP) is 2.80. The van der Waals surface area contributed by atoms with Crippen LogP contribution in [0.15, 0.2) is 30.3 Å². The van der Waals surface area contributed by atoms with E-state index in [4.69, 9.17) is 5.11 Å². The van der Waals surface area contributed by atoms with Crippen LogP contribution in [0.1, 0.15) is 44.6 Å². The van der Waals surface area contributed by atoms with Crippen molar-refractivity contribution < 1.29 is 14.7 Å². The highest BCUT2D eigenvalue weighted by molar-refractivity contribution is 5.84. The molecule has 1 aromatic rings. The van der Waals surface area contributed by atoms with Crippen molar-refractivity contribution in [2.24, 2.45) is 11.8 Å². The number of carbonyl (C=O) groups is 2. The predicted molar refractivity (Wildman–Crippen MR) is 80.9 cm³/mol. The van der Waals surface area contributed by atoms with Crippen LogP contribution < -0.4 is 5.32 Å². The molecule has 21 heavy (non-hydrogen) atoms. The van der Waals surface area contributed by atoms with Gasteiger partial charge in [-0.25, -0.2) is 0 Å². The number of carbonyl (C=O) groups excluding carboxylic acids is 1. The van der Waals surface area contributed by atoms with Crippen LogP contribution in [0.4, 0.5) is 0 Å². The molecule has 0 heterocycles. The van der Waals surface area contributed by atoms with E-state index in [1.807, 2.05) is 30.3 Å². The van der Waals surface area contributed by atoms with Crippen molar-refractivity contribution in [3.8, 4) is 0 Å². The summed E-state index contributed by atoms with van der Waals surface area (Å²) < 4.78 is 0. The Kier molecular flexibility index (Phi) is 4.99. The van der Waals surface area contributed by atoms with Gasteiger partial charge < -0.3 is 10.4 Å². The Morgan fingerprint density at radius 1 is 1.29 bits per heavy atom. The van der Waals surface area contributed by atoms with Crippen LogP contribution in [0.25, 0.3) is 0 Å². The van der Waals surface area contributed by atoms with E-state index in [9.17, 15) is 9.59 Å². The zero-order valence-corrected chi connectivity index (χ0v) is 12.6. The summed E-state index contributed by atoms with van der Waals surface area (Å²) in [6.45, 7) is 4.16. The molecule has 0 bridgehead atoms. The molecule has 0 spiro atoms. The van der Waals surface area contributed by atoms with E-state index >= 15 is 0 Å². The van der Waals surface area contributed by atoms with Gasteiger partial charge in [0.2, 0.25) is 5.91 Å². The zero-order valence-electron chi connectivity index (χ0n) is 12.6. The average molecular weight is 289 g/mol. The summed E-state index contributed by atoms with van der Waals surface area (Å²) in [5, 5.41) is 11.9. The van der Waals surface area contributed by atoms with E-state index in [0.29, 0.717) is 12.8 Å². The summed E-state index contributed by atoms with van der Waals surface area (Å²) in [5.74, 6) is -0.955. The molecule has 1 aliphatic rings. The Labute approximate surface area is 125 Å². The molecule has 1 aromatic carbocycles. The molecule has 0 saturated heterocycles. The maximum absolute atomic E-state index is 12.6. The number of carboxylic acids is 1. The average Bonchev–Trinajstić information content (AvgIpc) is 2.43. The van der Waals surface area contributed by atoms with Gasteiger partial charge >= 0.3 is 5.97 Å². The van der Waals surface area contributed by atoms with Crippen molar-refractivity contribution >= 4 is 11.9 Å². The molecule has 1 saturated carbocycles. The standard InChI is InChI=1S/C17H23NO3/c1-3-11(2)15(12-7-5-4-6-8-12)16(19)18-14-9-13(10-14)17(20)21/h4-8,11,13-15H,3,9-10H2,1-2H3,(H,18,19)(H,20,21). The minimum absolute atomic E-state index is 0.00821. The van der Waals surface area contributed by atoms with Gasteiger partial charge in [-0.1, -0.05) is 50.6 Å². The van der Waals surface area contributed by atoms with Gasteiger partial charge in [-0.15, -0.1) is 0 Å². The first-order valence-electron chi connectivity index (χ1n) is 7.61. The third-order valence-corrected chi connectivity index (χ3v) is 4.49. The molecule has 2 rings (SSSR count). The van der Waals surface area contributed by atoms with Crippen molar-refractivity contribution in [1.29, 1.82) is 0 Å². The summed E-state index contributed by atoms with van der Waals surface area (Å²) in [6.07, 6.45) is 2.02. The van der Waals surface area contributed by atoms with Crippen molar-refractivity contribution in [2.45, 2.75) is 45.1 Å². The summed E-state index contributed by atoms with van der Waals surface area (Å²) in [6, 6.07) is 9.81. The minimum atomic E-state index is -0.762. The van der Waals surface area contributed by atoms with Crippen LogP contribution in [0, 0.1) is 11.8 Å². The first-order chi connectivity index (χ1) is 10.0. The first kappa shape index (κ1) is 15.5. The molecule has 1 aliphatic carbocycles. The lowest BCUT2D eigenvalue weighted by atomic mass is 9.79. The Hall–Kier alpha value is -1.84. The molecular formula is C17H23NO3. The number of nitrogens with one attached hydrogen (secondary N) is 1. The Bertz CT molecular complexity index is 494. The number of carboxylic acid groups (broad SMARTS) is 1. The minimum Gasteiger partial charge on any atom is -0.481 e. The van der Waals surface area contributed by atoms with Crippen LogP contribution in [-0.2, 0) is 9.59 Å². The maximum Gasteiger partial charge on any atom is 0.306 e. The van der Waals surface area contributed by atoms with E-state index in [0.717, 1.165) is 12.0 Å². The smallest absolute Gasteiger partial charge is 0.306 e. The summed E-state index contributed by atoms with van der Waals surface area (Å²) in [5.41, 5.74) is 1.03. The van der Waals surface area contributed by atoms with E-state index in [2.05, 4.69) is 19.2 Å². The normalized spacial score (nSPS) is 23.7. The Morgan fingerprint density at radius 3 is 2.43 bits per heavy atom. The molecule has 4 heteroatoms. The van der Waals surface area contributed by atoms with Crippen molar-refractivity contribution in [3.63, 3.8) is 0 Å². The number of rotatable bonds is 6. The van der Waals surface area contributed by atoms with E-state index < -0.39 is 5.97 Å². The quantitative estimate of drug-likeness (QED) is 0.846. The fourth-order valence-corrected chi connectivity index (χ4v) is 2.86. The van der Waals surface area contributed by atoms with E-state index in [1.54, 1.807) is 0 Å². The lowest BCUT2D eigenvalue weighted by molar-refractivity contribution is -0.146. The van der Waals surface area contributed by atoms with E-state index in [1.165, 1.54) is 0 Å². The zero-order chi connectivity index (χ0) is 15.4. The highest BCUT2D eigenvalue weighted by Gasteiger charge is 2.37. The molecule has 0 aliphatic heterocycles. The maximum atomic E-state index is 12.6. The second kappa shape index (κ2) is 6.74. The second-order valence-corrected chi connectivity index (χ2v) is 5.99. The Balaban J connectivity index is 2.01. The molecule has 1 amide bonds. The fourth-order valence-electron chi connectivity index (χ4n) is 2.86. The number of hydrogen-bond donors (Lipinski definition) is 2. The fraction of sp³-hybridized carbons (Fsp3) is 0.529. The van der Waals surface area contributed by atoms with Gasteiger partial charge in [0.15, 0.2) is 0 Å². The molecule has 0 radical (unpaired) electrons. The van der Waals surface area contributed by atoms with Crippen molar-refractivity contribution in [2.75, 3.05) is 0 Å². The number of benzene rings is 1. The SMILES string of the molecule is CCC(C)C(C(=O)NC1CC(C(=O)O)C1)c1ccccc1. The lowest BCUT2D eigenvalue weighted by Gasteiger charge is -2.34. The third-order valence-electron chi connectivity index (χ3n) is 4.49. The monoisotopic (exact) mass is 289 g/mol. The van der Waals surface area contributed by atoms with E-state index in [-0.39, 0.29) is 29.7 Å². The molecular weight excluding hydrogens is 266 g/mol. The van der Waals surface area contributed by atoms with Gasteiger partial charge in [0, 0.05) is 6.04 Å². The largest absolute Gasteiger partial charge is 0.481 e. The molecule has 2 N–H and O–H groups in total. The number of aliphatic carboxylic acids is 1. The molecule has 1 fully saturated rings. The van der Waals surface area contributed by atoms with Crippen LogP contribution in [-0.4, -0.2) is 23.0 Å². The van der Waals surface area contributed by atoms with Crippen LogP contribution in [0.2, 0.25) is 0 Å². The van der Waals surface area contributed by atoms with Crippen molar-refractivity contribution in [3.05, 3.63) is 35.9 Å². The summed E-state index contributed by atoms with van der Waals surface area (Å²) >= 11 is 0. The van der Waals surface area contributed by atoms with Gasteiger partial charge in [0.1, 0.15) is 0 Å². The van der Waals surface area contributed by atoms with Gasteiger partial charge in [-0.3, -0.25) is 9.59 Å². The molecule has 2 atom stereocenters. The highest BCUT2D eigenvalue weighted by Crippen LogP contribution is 2.31.